The summed E-state index contributed by atoms with van der Waals surface area (Å²) in [6, 6.07) is 5.24. The summed E-state index contributed by atoms with van der Waals surface area (Å²) < 4.78 is 102. The number of halogens is 6. The van der Waals surface area contributed by atoms with Gasteiger partial charge in [-0.15, -0.1) is 0 Å². The number of sulfonamides is 1. The molecule has 0 heterocycles. The van der Waals surface area contributed by atoms with Crippen LogP contribution in [0.5, 0.6) is 0 Å². The van der Waals surface area contributed by atoms with Gasteiger partial charge in [-0.1, -0.05) is 24.3 Å². The molecule has 0 radical (unpaired) electrons. The number of nitrogens with one attached hydrogen (secondary N) is 1. The molecule has 0 saturated carbocycles. The van der Waals surface area contributed by atoms with Crippen molar-refractivity contribution in [2.75, 3.05) is 6.26 Å². The van der Waals surface area contributed by atoms with Crippen molar-refractivity contribution < 1.29 is 39.9 Å². The van der Waals surface area contributed by atoms with Crippen molar-refractivity contribution in [2.45, 2.75) is 30.9 Å². The van der Waals surface area contributed by atoms with Crippen LogP contribution in [0.15, 0.2) is 48.5 Å². The SMILES string of the molecule is C[C@H](NS(C)(=O)=O)C(O)(c1ccc(C(F)(F)F)cc1)c1ccc(C(F)(F)F)cc1. The summed E-state index contributed by atoms with van der Waals surface area (Å²) >= 11 is 0. The van der Waals surface area contributed by atoms with Crippen molar-refractivity contribution in [1.29, 1.82) is 0 Å². The van der Waals surface area contributed by atoms with E-state index >= 15 is 0 Å². The first-order chi connectivity index (χ1) is 13.0. The van der Waals surface area contributed by atoms with Gasteiger partial charge >= 0.3 is 12.4 Å². The molecule has 29 heavy (non-hydrogen) atoms. The predicted octanol–water partition coefficient (Wildman–Crippen LogP) is 3.90. The zero-order valence-electron chi connectivity index (χ0n) is 15.1. The number of alkyl halides is 6. The van der Waals surface area contributed by atoms with Gasteiger partial charge < -0.3 is 5.11 Å². The molecule has 0 amide bonds. The molecule has 2 aromatic carbocycles. The predicted molar refractivity (Wildman–Crippen MR) is 93.3 cm³/mol. The van der Waals surface area contributed by atoms with E-state index < -0.39 is 45.1 Å². The third-order valence-electron chi connectivity index (χ3n) is 4.32. The van der Waals surface area contributed by atoms with E-state index in [1.54, 1.807) is 0 Å². The molecule has 0 aliphatic carbocycles. The Morgan fingerprint density at radius 2 is 1.03 bits per heavy atom. The summed E-state index contributed by atoms with van der Waals surface area (Å²) in [5.41, 5.74) is -4.50. The average Bonchev–Trinajstić information content (AvgIpc) is 2.58. The van der Waals surface area contributed by atoms with Crippen LogP contribution in [0.1, 0.15) is 29.2 Å². The molecule has 0 bridgehead atoms. The lowest BCUT2D eigenvalue weighted by molar-refractivity contribution is -0.138. The van der Waals surface area contributed by atoms with Crippen molar-refractivity contribution in [3.63, 3.8) is 0 Å². The fourth-order valence-corrected chi connectivity index (χ4v) is 3.71. The summed E-state index contributed by atoms with van der Waals surface area (Å²) in [5, 5.41) is 11.3. The van der Waals surface area contributed by atoms with Crippen LogP contribution < -0.4 is 4.72 Å². The molecule has 160 valence electrons. The first-order valence-electron chi connectivity index (χ1n) is 8.10. The lowest BCUT2D eigenvalue weighted by Crippen LogP contribution is -2.49. The lowest BCUT2D eigenvalue weighted by atomic mass is 9.80. The van der Waals surface area contributed by atoms with Crippen LogP contribution >= 0.6 is 0 Å². The number of hydrogen-bond donors (Lipinski definition) is 2. The summed E-state index contributed by atoms with van der Waals surface area (Å²) in [6.45, 7) is 1.25. The lowest BCUT2D eigenvalue weighted by Gasteiger charge is -2.35. The quantitative estimate of drug-likeness (QED) is 0.692. The van der Waals surface area contributed by atoms with Gasteiger partial charge in [-0.3, -0.25) is 0 Å². The van der Waals surface area contributed by atoms with Crippen molar-refractivity contribution in [2.24, 2.45) is 0 Å². The third-order valence-corrected chi connectivity index (χ3v) is 5.10. The van der Waals surface area contributed by atoms with Crippen LogP contribution in [0.4, 0.5) is 26.3 Å². The average molecular weight is 441 g/mol. The van der Waals surface area contributed by atoms with Gasteiger partial charge in [0.2, 0.25) is 10.0 Å². The molecule has 0 spiro atoms. The molecule has 2 N–H and O–H groups in total. The van der Waals surface area contributed by atoms with Gasteiger partial charge in [0, 0.05) is 0 Å². The Morgan fingerprint density at radius 1 is 0.759 bits per heavy atom. The molecule has 0 aromatic heterocycles. The number of hydrogen-bond acceptors (Lipinski definition) is 3. The summed E-state index contributed by atoms with van der Waals surface area (Å²) in [6.07, 6.45) is -8.47. The van der Waals surface area contributed by atoms with E-state index in [2.05, 4.69) is 4.72 Å². The van der Waals surface area contributed by atoms with Gasteiger partial charge in [0.1, 0.15) is 5.60 Å². The Kier molecular flexibility index (Phi) is 6.09. The van der Waals surface area contributed by atoms with Crippen LogP contribution in [0, 0.1) is 0 Å². The summed E-state index contributed by atoms with van der Waals surface area (Å²) in [5.74, 6) is 0. The second-order valence-corrected chi connectivity index (χ2v) is 8.31. The first kappa shape index (κ1) is 23.2. The van der Waals surface area contributed by atoms with Crippen LogP contribution in [-0.4, -0.2) is 25.8 Å². The highest BCUT2D eigenvalue weighted by Gasteiger charge is 2.41. The molecule has 0 saturated heterocycles. The van der Waals surface area contributed by atoms with E-state index in [4.69, 9.17) is 0 Å². The third kappa shape index (κ3) is 5.28. The zero-order chi connectivity index (χ0) is 22.3. The van der Waals surface area contributed by atoms with Crippen LogP contribution in [0.3, 0.4) is 0 Å². The van der Waals surface area contributed by atoms with Gasteiger partial charge in [0.15, 0.2) is 0 Å². The largest absolute Gasteiger partial charge is 0.416 e. The fraction of sp³-hybridized carbons (Fsp3) is 0.333. The summed E-state index contributed by atoms with van der Waals surface area (Å²) in [7, 11) is -3.86. The van der Waals surface area contributed by atoms with Crippen molar-refractivity contribution >= 4 is 10.0 Å². The molecule has 2 aromatic rings. The topological polar surface area (TPSA) is 66.4 Å². The van der Waals surface area contributed by atoms with Crippen molar-refractivity contribution in [3.05, 3.63) is 70.8 Å². The molecule has 11 heteroatoms. The molecule has 0 aliphatic heterocycles. The minimum absolute atomic E-state index is 0.131. The van der Waals surface area contributed by atoms with E-state index in [1.165, 1.54) is 6.92 Å². The Hall–Kier alpha value is -2.11. The molecule has 2 rings (SSSR count). The maximum Gasteiger partial charge on any atom is 0.416 e. The molecular formula is C18H17F6NO3S. The van der Waals surface area contributed by atoms with Crippen molar-refractivity contribution in [1.82, 2.24) is 4.72 Å². The smallest absolute Gasteiger partial charge is 0.379 e. The molecule has 0 aliphatic rings. The highest BCUT2D eigenvalue weighted by molar-refractivity contribution is 7.88. The van der Waals surface area contributed by atoms with E-state index in [1.807, 2.05) is 0 Å². The molecule has 0 fully saturated rings. The van der Waals surface area contributed by atoms with Crippen LogP contribution in [0.2, 0.25) is 0 Å². The highest BCUT2D eigenvalue weighted by atomic mass is 32.2. The Balaban J connectivity index is 2.60. The maximum absolute atomic E-state index is 12.8. The van der Waals surface area contributed by atoms with Gasteiger partial charge in [0.05, 0.1) is 23.4 Å². The van der Waals surface area contributed by atoms with Gasteiger partial charge in [-0.2, -0.15) is 26.3 Å². The first-order valence-corrected chi connectivity index (χ1v) is 9.99. The normalized spacial score (nSPS) is 14.7. The Morgan fingerprint density at radius 3 is 1.28 bits per heavy atom. The highest BCUT2D eigenvalue weighted by Crippen LogP contribution is 2.37. The number of aliphatic hydroxyl groups is 1. The zero-order valence-corrected chi connectivity index (χ0v) is 16.0. The van der Waals surface area contributed by atoms with E-state index in [-0.39, 0.29) is 11.1 Å². The van der Waals surface area contributed by atoms with Crippen molar-refractivity contribution in [3.8, 4) is 0 Å². The second kappa shape index (κ2) is 7.62. The summed E-state index contributed by atoms with van der Waals surface area (Å²) in [4.78, 5) is 0. The number of rotatable bonds is 5. The Bertz CT molecular complexity index is 894. The molecule has 1 atom stereocenters. The Labute approximate surface area is 163 Å². The van der Waals surface area contributed by atoms with Crippen LogP contribution in [0.25, 0.3) is 0 Å². The van der Waals surface area contributed by atoms with E-state index in [9.17, 15) is 39.9 Å². The van der Waals surface area contributed by atoms with Gasteiger partial charge in [-0.25, -0.2) is 13.1 Å². The van der Waals surface area contributed by atoms with E-state index in [0.717, 1.165) is 30.5 Å². The minimum atomic E-state index is -4.64. The monoisotopic (exact) mass is 441 g/mol. The fourth-order valence-electron chi connectivity index (χ4n) is 2.90. The van der Waals surface area contributed by atoms with Crippen LogP contribution in [-0.2, 0) is 28.0 Å². The molecule has 0 unspecified atom stereocenters. The second-order valence-electron chi connectivity index (χ2n) is 6.53. The minimum Gasteiger partial charge on any atom is -0.379 e. The van der Waals surface area contributed by atoms with Gasteiger partial charge in [-0.05, 0) is 42.3 Å². The number of benzene rings is 2. The molecular weight excluding hydrogens is 424 g/mol. The van der Waals surface area contributed by atoms with Gasteiger partial charge in [0.25, 0.3) is 0 Å². The maximum atomic E-state index is 12.8. The molecule has 4 nitrogen and oxygen atoms in total. The van der Waals surface area contributed by atoms with E-state index in [0.29, 0.717) is 24.3 Å². The standard InChI is InChI=1S/C18H17F6NO3S/c1-11(25-29(2,27)28)16(26,12-3-7-14(8-4-12)17(19,20)21)13-5-9-15(10-6-13)18(22,23)24/h3-11,25-26H,1-2H3/t11-/m0/s1.